The van der Waals surface area contributed by atoms with E-state index in [9.17, 15) is 9.59 Å². The summed E-state index contributed by atoms with van der Waals surface area (Å²) in [4.78, 5) is 25.2. The molecule has 0 aliphatic carbocycles. The Morgan fingerprint density at radius 1 is 1.53 bits per heavy atom. The number of hydrogen-bond donors (Lipinski definition) is 0. The third-order valence-corrected chi connectivity index (χ3v) is 3.28. The summed E-state index contributed by atoms with van der Waals surface area (Å²) in [6, 6.07) is 0.257. The lowest BCUT2D eigenvalue weighted by Gasteiger charge is -2.33. The summed E-state index contributed by atoms with van der Waals surface area (Å²) >= 11 is 0. The minimum Gasteiger partial charge on any atom is -0.338 e. The van der Waals surface area contributed by atoms with Crippen LogP contribution in [0.5, 0.6) is 0 Å². The average Bonchev–Trinajstić information content (AvgIpc) is 2.61. The Bertz CT molecular complexity index is 463. The topological polar surface area (TPSA) is 68.3 Å². The standard InChI is InChI=1S/C11H17N3O3/c1-8-5-3-4-6-13(8)10(15)7-14-9(2)12-17-11(14)16/h8H,3-7H2,1-2H3. The van der Waals surface area contributed by atoms with Crippen molar-refractivity contribution in [3.63, 3.8) is 0 Å². The number of piperidine rings is 1. The highest BCUT2D eigenvalue weighted by atomic mass is 16.5. The van der Waals surface area contributed by atoms with E-state index in [2.05, 4.69) is 9.68 Å². The maximum atomic E-state index is 12.1. The monoisotopic (exact) mass is 239 g/mol. The van der Waals surface area contributed by atoms with Crippen LogP contribution in [0, 0.1) is 6.92 Å². The zero-order chi connectivity index (χ0) is 12.4. The summed E-state index contributed by atoms with van der Waals surface area (Å²) in [5.41, 5.74) is 0. The maximum Gasteiger partial charge on any atom is 0.442 e. The normalized spacial score (nSPS) is 20.6. The Balaban J connectivity index is 2.08. The van der Waals surface area contributed by atoms with E-state index in [0.29, 0.717) is 5.82 Å². The second-order valence-electron chi connectivity index (χ2n) is 4.51. The van der Waals surface area contributed by atoms with Gasteiger partial charge in [0.15, 0.2) is 5.82 Å². The van der Waals surface area contributed by atoms with Gasteiger partial charge in [0.05, 0.1) is 0 Å². The van der Waals surface area contributed by atoms with Crippen molar-refractivity contribution < 1.29 is 9.32 Å². The van der Waals surface area contributed by atoms with Crippen molar-refractivity contribution in [2.45, 2.75) is 45.7 Å². The smallest absolute Gasteiger partial charge is 0.338 e. The van der Waals surface area contributed by atoms with Gasteiger partial charge in [0.25, 0.3) is 0 Å². The summed E-state index contributed by atoms with van der Waals surface area (Å²) in [5.74, 6) is -0.167. The summed E-state index contributed by atoms with van der Waals surface area (Å²) in [6.07, 6.45) is 3.23. The van der Waals surface area contributed by atoms with Crippen molar-refractivity contribution in [2.24, 2.45) is 0 Å². The van der Waals surface area contributed by atoms with E-state index in [0.717, 1.165) is 25.8 Å². The van der Waals surface area contributed by atoms with E-state index in [4.69, 9.17) is 0 Å². The van der Waals surface area contributed by atoms with Gasteiger partial charge in [0, 0.05) is 12.6 Å². The molecular formula is C11H17N3O3. The van der Waals surface area contributed by atoms with Gasteiger partial charge in [0.2, 0.25) is 5.91 Å². The molecule has 0 bridgehead atoms. The van der Waals surface area contributed by atoms with Gasteiger partial charge in [-0.05, 0) is 33.1 Å². The SMILES string of the molecule is Cc1noc(=O)n1CC(=O)N1CCCCC1C. The first kappa shape index (κ1) is 11.9. The number of rotatable bonds is 2. The molecule has 1 aromatic heterocycles. The van der Waals surface area contributed by atoms with Crippen LogP contribution in [-0.4, -0.2) is 33.1 Å². The number of carbonyl (C=O) groups excluding carboxylic acids is 1. The number of carbonyl (C=O) groups is 1. The molecular weight excluding hydrogens is 222 g/mol. The third-order valence-electron chi connectivity index (χ3n) is 3.28. The highest BCUT2D eigenvalue weighted by Crippen LogP contribution is 2.16. The minimum absolute atomic E-state index is 0.0263. The summed E-state index contributed by atoms with van der Waals surface area (Å²) in [5, 5.41) is 3.54. The lowest BCUT2D eigenvalue weighted by molar-refractivity contribution is -0.135. The highest BCUT2D eigenvalue weighted by molar-refractivity contribution is 5.76. The van der Waals surface area contributed by atoms with Gasteiger partial charge < -0.3 is 4.90 Å². The fraction of sp³-hybridized carbons (Fsp3) is 0.727. The van der Waals surface area contributed by atoms with Gasteiger partial charge in [-0.2, -0.15) is 0 Å². The van der Waals surface area contributed by atoms with E-state index in [-0.39, 0.29) is 18.5 Å². The van der Waals surface area contributed by atoms with Crippen LogP contribution in [0.4, 0.5) is 0 Å². The summed E-state index contributed by atoms with van der Waals surface area (Å²) < 4.78 is 5.76. The predicted octanol–water partition coefficient (Wildman–Crippen LogP) is 0.546. The Morgan fingerprint density at radius 3 is 2.88 bits per heavy atom. The van der Waals surface area contributed by atoms with E-state index in [1.54, 1.807) is 6.92 Å². The molecule has 2 rings (SSSR count). The van der Waals surface area contributed by atoms with Crippen LogP contribution in [0.15, 0.2) is 9.32 Å². The van der Waals surface area contributed by atoms with Crippen LogP contribution >= 0.6 is 0 Å². The molecule has 0 aromatic carbocycles. The van der Waals surface area contributed by atoms with Gasteiger partial charge in [-0.1, -0.05) is 5.16 Å². The van der Waals surface area contributed by atoms with Gasteiger partial charge in [-0.25, -0.2) is 4.79 Å². The fourth-order valence-electron chi connectivity index (χ4n) is 2.21. The van der Waals surface area contributed by atoms with Crippen LogP contribution in [0.25, 0.3) is 0 Å². The molecule has 17 heavy (non-hydrogen) atoms. The van der Waals surface area contributed by atoms with E-state index in [1.807, 2.05) is 11.8 Å². The fourth-order valence-corrected chi connectivity index (χ4v) is 2.21. The zero-order valence-corrected chi connectivity index (χ0v) is 10.2. The number of aromatic nitrogens is 2. The molecule has 1 aliphatic heterocycles. The maximum absolute atomic E-state index is 12.1. The van der Waals surface area contributed by atoms with Crippen molar-refractivity contribution >= 4 is 5.91 Å². The van der Waals surface area contributed by atoms with Crippen LogP contribution in [0.1, 0.15) is 32.0 Å². The second kappa shape index (κ2) is 4.73. The summed E-state index contributed by atoms with van der Waals surface area (Å²) in [7, 11) is 0. The molecule has 1 atom stereocenters. The van der Waals surface area contributed by atoms with E-state index >= 15 is 0 Å². The lowest BCUT2D eigenvalue weighted by atomic mass is 10.0. The van der Waals surface area contributed by atoms with Gasteiger partial charge >= 0.3 is 5.76 Å². The molecule has 1 saturated heterocycles. The van der Waals surface area contributed by atoms with E-state index in [1.165, 1.54) is 4.57 Å². The van der Waals surface area contributed by atoms with Crippen molar-refractivity contribution in [1.29, 1.82) is 0 Å². The van der Waals surface area contributed by atoms with Crippen LogP contribution < -0.4 is 5.76 Å². The zero-order valence-electron chi connectivity index (χ0n) is 10.2. The molecule has 0 saturated carbocycles. The van der Waals surface area contributed by atoms with Crippen molar-refractivity contribution in [3.8, 4) is 0 Å². The van der Waals surface area contributed by atoms with Crippen molar-refractivity contribution in [3.05, 3.63) is 16.4 Å². The number of nitrogens with zero attached hydrogens (tertiary/aromatic N) is 3. The number of aryl methyl sites for hydroxylation is 1. The summed E-state index contributed by atoms with van der Waals surface area (Å²) in [6.45, 7) is 4.50. The van der Waals surface area contributed by atoms with Gasteiger partial charge in [-0.15, -0.1) is 0 Å². The van der Waals surface area contributed by atoms with Gasteiger partial charge in [-0.3, -0.25) is 13.9 Å². The third kappa shape index (κ3) is 2.40. The molecule has 1 aromatic rings. The van der Waals surface area contributed by atoms with Crippen molar-refractivity contribution in [2.75, 3.05) is 6.54 Å². The molecule has 0 spiro atoms. The largest absolute Gasteiger partial charge is 0.442 e. The average molecular weight is 239 g/mol. The van der Waals surface area contributed by atoms with Crippen LogP contribution in [0.3, 0.4) is 0 Å². The minimum atomic E-state index is -0.569. The predicted molar refractivity (Wildman–Crippen MR) is 60.5 cm³/mol. The Kier molecular flexibility index (Phi) is 3.31. The molecule has 6 heteroatoms. The molecule has 94 valence electrons. The molecule has 1 fully saturated rings. The molecule has 1 unspecified atom stereocenters. The molecule has 0 radical (unpaired) electrons. The number of amides is 1. The Labute approximate surface area is 99.2 Å². The van der Waals surface area contributed by atoms with Crippen molar-refractivity contribution in [1.82, 2.24) is 14.6 Å². The first-order valence-electron chi connectivity index (χ1n) is 5.92. The number of hydrogen-bond acceptors (Lipinski definition) is 4. The number of likely N-dealkylation sites (tertiary alicyclic amines) is 1. The quantitative estimate of drug-likeness (QED) is 0.755. The highest BCUT2D eigenvalue weighted by Gasteiger charge is 2.24. The van der Waals surface area contributed by atoms with Crippen LogP contribution in [0.2, 0.25) is 0 Å². The molecule has 1 aliphatic rings. The first-order valence-corrected chi connectivity index (χ1v) is 5.92. The second-order valence-corrected chi connectivity index (χ2v) is 4.51. The van der Waals surface area contributed by atoms with Crippen LogP contribution in [-0.2, 0) is 11.3 Å². The molecule has 0 N–H and O–H groups in total. The Hall–Kier alpha value is -1.59. The molecule has 2 heterocycles. The Morgan fingerprint density at radius 2 is 2.29 bits per heavy atom. The van der Waals surface area contributed by atoms with Gasteiger partial charge in [0.1, 0.15) is 6.54 Å². The van der Waals surface area contributed by atoms with E-state index < -0.39 is 5.76 Å². The lowest BCUT2D eigenvalue weighted by Crippen LogP contribution is -2.44. The molecule has 1 amide bonds. The first-order chi connectivity index (χ1) is 8.09. The molecule has 6 nitrogen and oxygen atoms in total.